The molecule has 2 N–H and O–H groups in total. The number of aliphatic imine (C=N–C) groups is 1. The van der Waals surface area contributed by atoms with E-state index in [1.807, 2.05) is 16.5 Å². The Hall–Kier alpha value is -2.95. The van der Waals surface area contributed by atoms with Crippen molar-refractivity contribution in [3.63, 3.8) is 0 Å². The first-order valence-corrected chi connectivity index (χ1v) is 11.1. The highest BCUT2D eigenvalue weighted by molar-refractivity contribution is 7.13. The number of nitrogens with zero attached hydrogens (tertiary/aromatic N) is 8. The lowest BCUT2D eigenvalue weighted by molar-refractivity contribution is -0.131. The van der Waals surface area contributed by atoms with Crippen molar-refractivity contribution in [2.75, 3.05) is 68.7 Å². The minimum absolute atomic E-state index is 0.119. The lowest BCUT2D eigenvalue weighted by Gasteiger charge is -2.35. The number of carbonyl (C=O) groups excluding carboxylic acids is 1. The zero-order valence-corrected chi connectivity index (χ0v) is 17.7. The maximum absolute atomic E-state index is 12.5. The van der Waals surface area contributed by atoms with Crippen LogP contribution in [-0.2, 0) is 4.79 Å². The molecule has 2 fully saturated rings. The lowest BCUT2D eigenvalue weighted by Crippen LogP contribution is -2.51. The molecule has 11 heteroatoms. The van der Waals surface area contributed by atoms with Gasteiger partial charge in [-0.1, -0.05) is 0 Å². The number of guanidine groups is 1. The molecule has 0 spiro atoms. The van der Waals surface area contributed by atoms with Crippen molar-refractivity contribution in [2.24, 2.45) is 10.7 Å². The van der Waals surface area contributed by atoms with Crippen molar-refractivity contribution in [1.29, 1.82) is 0 Å². The third-order valence-electron chi connectivity index (χ3n) is 5.36. The molecule has 160 valence electrons. The van der Waals surface area contributed by atoms with Crippen LogP contribution < -0.4 is 15.5 Å². The number of aromatic nitrogens is 3. The fraction of sp³-hybridized carbons (Fsp3) is 0.526. The molecule has 0 radical (unpaired) electrons. The molecule has 2 aromatic heterocycles. The van der Waals surface area contributed by atoms with Crippen molar-refractivity contribution in [2.45, 2.75) is 6.42 Å². The number of nitrogens with two attached hydrogens (primary N) is 1. The number of thiazole rings is 1. The average molecular weight is 430 g/mol. The van der Waals surface area contributed by atoms with Crippen LogP contribution in [0.3, 0.4) is 0 Å². The lowest BCUT2D eigenvalue weighted by atomic mass is 10.3. The van der Waals surface area contributed by atoms with Gasteiger partial charge in [-0.05, 0) is 6.07 Å². The summed E-state index contributed by atoms with van der Waals surface area (Å²) in [6.07, 6.45) is 5.68. The Bertz CT molecular complexity index is 829. The molecule has 4 heterocycles. The second kappa shape index (κ2) is 9.70. The molecule has 0 bridgehead atoms. The molecule has 0 unspecified atom stereocenters. The van der Waals surface area contributed by atoms with Gasteiger partial charge < -0.3 is 25.3 Å². The first-order valence-electron chi connectivity index (χ1n) is 10.2. The second-order valence-electron chi connectivity index (χ2n) is 7.20. The van der Waals surface area contributed by atoms with Gasteiger partial charge in [0.25, 0.3) is 0 Å². The van der Waals surface area contributed by atoms with Crippen LogP contribution in [0.2, 0.25) is 0 Å². The summed E-state index contributed by atoms with van der Waals surface area (Å²) in [4.78, 5) is 38.2. The molecule has 0 atom stereocenters. The first-order chi connectivity index (χ1) is 14.7. The van der Waals surface area contributed by atoms with E-state index in [1.165, 1.54) is 0 Å². The maximum atomic E-state index is 12.5. The molecule has 1 amide bonds. The molecular weight excluding hydrogens is 402 g/mol. The van der Waals surface area contributed by atoms with Crippen molar-refractivity contribution in [3.8, 4) is 0 Å². The van der Waals surface area contributed by atoms with Crippen LogP contribution in [0, 0.1) is 0 Å². The number of anilines is 2. The highest BCUT2D eigenvalue weighted by Crippen LogP contribution is 2.18. The maximum Gasteiger partial charge on any atom is 0.225 e. The Balaban J connectivity index is 1.18. The third-order valence-corrected chi connectivity index (χ3v) is 6.19. The predicted molar refractivity (Wildman–Crippen MR) is 118 cm³/mol. The second-order valence-corrected chi connectivity index (χ2v) is 8.07. The van der Waals surface area contributed by atoms with Crippen LogP contribution in [0.5, 0.6) is 0 Å². The molecule has 0 aliphatic carbocycles. The highest BCUT2D eigenvalue weighted by Gasteiger charge is 2.23. The minimum atomic E-state index is 0.119. The molecule has 30 heavy (non-hydrogen) atoms. The van der Waals surface area contributed by atoms with Gasteiger partial charge in [-0.2, -0.15) is 0 Å². The molecule has 4 rings (SSSR count). The van der Waals surface area contributed by atoms with Gasteiger partial charge in [0, 0.05) is 82.7 Å². The predicted octanol–water partition coefficient (Wildman–Crippen LogP) is 0.109. The summed E-state index contributed by atoms with van der Waals surface area (Å²) in [5, 5.41) is 3.04. The monoisotopic (exact) mass is 429 g/mol. The first kappa shape index (κ1) is 20.3. The summed E-state index contributed by atoms with van der Waals surface area (Å²) in [5.41, 5.74) is 6.16. The van der Waals surface area contributed by atoms with Crippen LogP contribution in [0.15, 0.2) is 35.0 Å². The zero-order chi connectivity index (χ0) is 20.8. The van der Waals surface area contributed by atoms with Crippen LogP contribution in [0.4, 0.5) is 11.1 Å². The van der Waals surface area contributed by atoms with Gasteiger partial charge in [-0.15, -0.1) is 11.3 Å². The summed E-state index contributed by atoms with van der Waals surface area (Å²) in [6, 6.07) is 1.80. The molecular formula is C19H27N9OS. The Morgan fingerprint density at radius 1 is 0.933 bits per heavy atom. The smallest absolute Gasteiger partial charge is 0.225 e. The Kier molecular flexibility index (Phi) is 6.57. The summed E-state index contributed by atoms with van der Waals surface area (Å²) < 4.78 is 0. The molecule has 0 saturated carbocycles. The van der Waals surface area contributed by atoms with Crippen LogP contribution in [0.25, 0.3) is 0 Å². The number of hydrogen-bond acceptors (Lipinski definition) is 8. The highest BCUT2D eigenvalue weighted by atomic mass is 32.1. The molecule has 0 aromatic carbocycles. The topological polar surface area (TPSA) is 107 Å². The summed E-state index contributed by atoms with van der Waals surface area (Å²) >= 11 is 1.65. The van der Waals surface area contributed by atoms with E-state index in [0.717, 1.165) is 50.3 Å². The number of carbonyl (C=O) groups is 1. The summed E-state index contributed by atoms with van der Waals surface area (Å²) in [6.45, 7) is 6.62. The van der Waals surface area contributed by atoms with Crippen molar-refractivity contribution < 1.29 is 4.79 Å². The molecule has 10 nitrogen and oxygen atoms in total. The third kappa shape index (κ3) is 4.96. The van der Waals surface area contributed by atoms with E-state index < -0.39 is 0 Å². The SMILES string of the molecule is NC(=NCCC(=O)N1CCN(c2ncccn2)CC1)N1CCN(c2nccs2)CC1. The van der Waals surface area contributed by atoms with Crippen molar-refractivity contribution in [1.82, 2.24) is 24.8 Å². The van der Waals surface area contributed by atoms with Crippen LogP contribution in [0.1, 0.15) is 6.42 Å². The van der Waals surface area contributed by atoms with Gasteiger partial charge >= 0.3 is 0 Å². The van der Waals surface area contributed by atoms with E-state index in [0.29, 0.717) is 32.0 Å². The normalized spacial score (nSPS) is 18.1. The van der Waals surface area contributed by atoms with Crippen LogP contribution >= 0.6 is 11.3 Å². The molecule has 2 aromatic rings. The van der Waals surface area contributed by atoms with Gasteiger partial charge in [0.2, 0.25) is 11.9 Å². The number of amides is 1. The molecule has 2 aliphatic heterocycles. The van der Waals surface area contributed by atoms with Crippen molar-refractivity contribution in [3.05, 3.63) is 30.0 Å². The summed E-state index contributed by atoms with van der Waals surface area (Å²) in [5.74, 6) is 1.36. The molecule has 2 saturated heterocycles. The number of piperazine rings is 2. The van der Waals surface area contributed by atoms with Crippen molar-refractivity contribution >= 4 is 34.3 Å². The van der Waals surface area contributed by atoms with Gasteiger partial charge in [0.05, 0.1) is 6.54 Å². The zero-order valence-electron chi connectivity index (χ0n) is 16.9. The van der Waals surface area contributed by atoms with Gasteiger partial charge in [-0.25, -0.2) is 15.0 Å². The standard InChI is InChI=1S/C19H27N9OS/c20-17(26-9-13-28(14-10-26)19-24-6-15-30-19)21-5-2-16(29)25-7-11-27(12-8-25)18-22-3-1-4-23-18/h1,3-4,6,15H,2,5,7-14H2,(H2,20,21). The van der Waals surface area contributed by atoms with E-state index in [4.69, 9.17) is 5.73 Å². The summed E-state index contributed by atoms with van der Waals surface area (Å²) in [7, 11) is 0. The minimum Gasteiger partial charge on any atom is -0.370 e. The average Bonchev–Trinajstić information content (AvgIpc) is 3.35. The van der Waals surface area contributed by atoms with E-state index in [-0.39, 0.29) is 5.91 Å². The fourth-order valence-electron chi connectivity index (χ4n) is 3.63. The number of rotatable bonds is 5. The fourth-order valence-corrected chi connectivity index (χ4v) is 4.33. The van der Waals surface area contributed by atoms with E-state index in [2.05, 4.69) is 34.6 Å². The van der Waals surface area contributed by atoms with E-state index in [9.17, 15) is 4.79 Å². The van der Waals surface area contributed by atoms with Gasteiger partial charge in [-0.3, -0.25) is 9.79 Å². The van der Waals surface area contributed by atoms with Gasteiger partial charge in [0.15, 0.2) is 11.1 Å². The Labute approximate surface area is 180 Å². The van der Waals surface area contributed by atoms with Gasteiger partial charge in [0.1, 0.15) is 0 Å². The van der Waals surface area contributed by atoms with E-state index in [1.54, 1.807) is 29.8 Å². The largest absolute Gasteiger partial charge is 0.370 e. The molecule has 2 aliphatic rings. The Morgan fingerprint density at radius 3 is 2.27 bits per heavy atom. The number of hydrogen-bond donors (Lipinski definition) is 1. The Morgan fingerprint density at radius 2 is 1.60 bits per heavy atom. The quantitative estimate of drug-likeness (QED) is 0.527. The van der Waals surface area contributed by atoms with Crippen LogP contribution in [-0.4, -0.2) is 95.5 Å². The van der Waals surface area contributed by atoms with E-state index >= 15 is 0 Å².